The Morgan fingerprint density at radius 1 is 0.864 bits per heavy atom. The van der Waals surface area contributed by atoms with Crippen molar-refractivity contribution in [1.82, 2.24) is 4.31 Å². The van der Waals surface area contributed by atoms with Crippen LogP contribution in [0.1, 0.15) is 25.7 Å². The molecule has 0 spiro atoms. The molecule has 1 saturated heterocycles. The van der Waals surface area contributed by atoms with Crippen LogP contribution >= 0.6 is 0 Å². The molecule has 5 nitrogen and oxygen atoms in total. The van der Waals surface area contributed by atoms with Crippen LogP contribution in [0.2, 0.25) is 0 Å². The first kappa shape index (κ1) is 15.9. The Bertz CT molecular complexity index is 747. The fraction of sp³-hybridized carbons (Fsp3) is 0.571. The SMILES string of the molecule is O=S(=O)(c1ccc(F)cc1)C1CCN(S(=O)(=O)C2CC2)CC1. The van der Waals surface area contributed by atoms with Crippen LogP contribution in [0.5, 0.6) is 0 Å². The van der Waals surface area contributed by atoms with Gasteiger partial charge in [0.15, 0.2) is 9.84 Å². The molecule has 2 fully saturated rings. The van der Waals surface area contributed by atoms with Crippen molar-refractivity contribution < 1.29 is 21.2 Å². The number of piperidine rings is 1. The average molecular weight is 347 g/mol. The molecule has 0 aromatic heterocycles. The van der Waals surface area contributed by atoms with Gasteiger partial charge in [0.2, 0.25) is 10.0 Å². The summed E-state index contributed by atoms with van der Waals surface area (Å²) < 4.78 is 63.6. The Kier molecular flexibility index (Phi) is 4.03. The zero-order chi connectivity index (χ0) is 16.0. The maximum atomic E-state index is 12.9. The van der Waals surface area contributed by atoms with E-state index in [0.29, 0.717) is 12.8 Å². The quantitative estimate of drug-likeness (QED) is 0.775. The van der Waals surface area contributed by atoms with Crippen molar-refractivity contribution in [2.75, 3.05) is 13.1 Å². The molecule has 22 heavy (non-hydrogen) atoms. The van der Waals surface area contributed by atoms with Crippen molar-refractivity contribution in [2.45, 2.75) is 41.1 Å². The summed E-state index contributed by atoms with van der Waals surface area (Å²) in [6.07, 6.45) is 1.98. The van der Waals surface area contributed by atoms with Crippen LogP contribution in [0.3, 0.4) is 0 Å². The lowest BCUT2D eigenvalue weighted by molar-refractivity contribution is 0.345. The minimum atomic E-state index is -3.54. The van der Waals surface area contributed by atoms with Gasteiger partial charge in [-0.05, 0) is 49.9 Å². The number of halogens is 1. The predicted octanol–water partition coefficient (Wildman–Crippen LogP) is 1.56. The van der Waals surface area contributed by atoms with Crippen molar-refractivity contribution in [3.8, 4) is 0 Å². The molecule has 1 aliphatic carbocycles. The molecule has 122 valence electrons. The Labute approximate surface area is 130 Å². The van der Waals surface area contributed by atoms with Gasteiger partial charge < -0.3 is 0 Å². The van der Waals surface area contributed by atoms with Gasteiger partial charge in [0.1, 0.15) is 5.82 Å². The number of benzene rings is 1. The van der Waals surface area contributed by atoms with E-state index in [1.807, 2.05) is 0 Å². The van der Waals surface area contributed by atoms with Gasteiger partial charge in [0, 0.05) is 13.1 Å². The topological polar surface area (TPSA) is 71.5 Å². The van der Waals surface area contributed by atoms with E-state index in [-0.39, 0.29) is 36.1 Å². The van der Waals surface area contributed by atoms with Crippen molar-refractivity contribution in [1.29, 1.82) is 0 Å². The van der Waals surface area contributed by atoms with Gasteiger partial charge in [-0.2, -0.15) is 0 Å². The summed E-state index contributed by atoms with van der Waals surface area (Å²) in [6.45, 7) is 0.480. The Balaban J connectivity index is 1.71. The maximum absolute atomic E-state index is 12.9. The molecule has 0 atom stereocenters. The van der Waals surface area contributed by atoms with E-state index < -0.39 is 30.9 Å². The van der Waals surface area contributed by atoms with Crippen molar-refractivity contribution in [3.63, 3.8) is 0 Å². The Hall–Kier alpha value is -0.990. The monoisotopic (exact) mass is 347 g/mol. The molecule has 0 bridgehead atoms. The van der Waals surface area contributed by atoms with Gasteiger partial charge in [0.05, 0.1) is 15.4 Å². The fourth-order valence-electron chi connectivity index (χ4n) is 2.79. The molecule has 2 aliphatic rings. The Morgan fingerprint density at radius 2 is 1.41 bits per heavy atom. The second-order valence-electron chi connectivity index (χ2n) is 5.84. The minimum absolute atomic E-state index is 0.0948. The second-order valence-corrected chi connectivity index (χ2v) is 10.3. The highest BCUT2D eigenvalue weighted by Crippen LogP contribution is 2.33. The summed E-state index contributed by atoms with van der Waals surface area (Å²) in [6, 6.07) is 4.77. The molecule has 0 amide bonds. The highest BCUT2D eigenvalue weighted by molar-refractivity contribution is 7.92. The molecule has 1 aliphatic heterocycles. The molecule has 3 rings (SSSR count). The third kappa shape index (κ3) is 2.91. The van der Waals surface area contributed by atoms with E-state index in [4.69, 9.17) is 0 Å². The molecule has 0 N–H and O–H groups in total. The van der Waals surface area contributed by atoms with Gasteiger partial charge in [-0.3, -0.25) is 0 Å². The smallest absolute Gasteiger partial charge is 0.216 e. The van der Waals surface area contributed by atoms with E-state index in [0.717, 1.165) is 12.1 Å². The largest absolute Gasteiger partial charge is 0.223 e. The molecule has 1 saturated carbocycles. The number of nitrogens with zero attached hydrogens (tertiary/aromatic N) is 1. The molecular weight excluding hydrogens is 329 g/mol. The minimum Gasteiger partial charge on any atom is -0.223 e. The van der Waals surface area contributed by atoms with Crippen LogP contribution in [0.25, 0.3) is 0 Å². The summed E-state index contributed by atoms with van der Waals surface area (Å²) in [5.41, 5.74) is 0. The normalized spacial score (nSPS) is 21.9. The maximum Gasteiger partial charge on any atom is 0.216 e. The van der Waals surface area contributed by atoms with Crippen LogP contribution < -0.4 is 0 Å². The number of rotatable bonds is 4. The standard InChI is InChI=1S/C14H18FNO4S2/c15-11-1-3-12(4-2-11)21(17,18)13-7-9-16(10-8-13)22(19,20)14-5-6-14/h1-4,13-14H,5-10H2. The zero-order valence-corrected chi connectivity index (χ0v) is 13.6. The highest BCUT2D eigenvalue weighted by Gasteiger charge is 2.42. The van der Waals surface area contributed by atoms with Crippen LogP contribution in [0.15, 0.2) is 29.2 Å². The molecule has 0 radical (unpaired) electrons. The van der Waals surface area contributed by atoms with Gasteiger partial charge in [-0.25, -0.2) is 25.5 Å². The van der Waals surface area contributed by atoms with Gasteiger partial charge in [0.25, 0.3) is 0 Å². The van der Waals surface area contributed by atoms with Crippen LogP contribution in [-0.2, 0) is 19.9 Å². The van der Waals surface area contributed by atoms with E-state index in [2.05, 4.69) is 0 Å². The first-order chi connectivity index (χ1) is 10.3. The van der Waals surface area contributed by atoms with Crippen LogP contribution in [0, 0.1) is 5.82 Å². The first-order valence-corrected chi connectivity index (χ1v) is 10.4. The first-order valence-electron chi connectivity index (χ1n) is 7.30. The van der Waals surface area contributed by atoms with Crippen LogP contribution in [0.4, 0.5) is 4.39 Å². The van der Waals surface area contributed by atoms with Crippen molar-refractivity contribution >= 4 is 19.9 Å². The molecule has 8 heteroatoms. The summed E-state index contributed by atoms with van der Waals surface area (Å²) in [7, 11) is -6.78. The summed E-state index contributed by atoms with van der Waals surface area (Å²) in [4.78, 5) is 0.0948. The number of sulfonamides is 1. The fourth-order valence-corrected chi connectivity index (χ4v) is 6.40. The van der Waals surface area contributed by atoms with E-state index in [1.54, 1.807) is 0 Å². The molecule has 0 unspecified atom stereocenters. The van der Waals surface area contributed by atoms with Crippen LogP contribution in [-0.4, -0.2) is 44.7 Å². The lowest BCUT2D eigenvalue weighted by atomic mass is 10.2. The second kappa shape index (κ2) is 5.58. The average Bonchev–Trinajstić information content (AvgIpc) is 3.33. The lowest BCUT2D eigenvalue weighted by Crippen LogP contribution is -2.43. The number of sulfone groups is 1. The molecule has 1 aromatic rings. The summed E-state index contributed by atoms with van der Waals surface area (Å²) in [5.74, 6) is -0.482. The molecule has 1 heterocycles. The summed E-state index contributed by atoms with van der Waals surface area (Å²) >= 11 is 0. The zero-order valence-electron chi connectivity index (χ0n) is 12.0. The molecular formula is C14H18FNO4S2. The van der Waals surface area contributed by atoms with Gasteiger partial charge >= 0.3 is 0 Å². The van der Waals surface area contributed by atoms with Crippen molar-refractivity contribution in [2.24, 2.45) is 0 Å². The molecule has 1 aromatic carbocycles. The third-order valence-corrected chi connectivity index (χ3v) is 8.96. The van der Waals surface area contributed by atoms with Gasteiger partial charge in [-0.1, -0.05) is 0 Å². The van der Waals surface area contributed by atoms with E-state index in [9.17, 15) is 21.2 Å². The number of hydrogen-bond acceptors (Lipinski definition) is 4. The van der Waals surface area contributed by atoms with Crippen molar-refractivity contribution in [3.05, 3.63) is 30.1 Å². The van der Waals surface area contributed by atoms with E-state index >= 15 is 0 Å². The Morgan fingerprint density at radius 3 is 1.91 bits per heavy atom. The lowest BCUT2D eigenvalue weighted by Gasteiger charge is -2.31. The van der Waals surface area contributed by atoms with E-state index in [1.165, 1.54) is 16.4 Å². The highest BCUT2D eigenvalue weighted by atomic mass is 32.2. The number of hydrogen-bond donors (Lipinski definition) is 0. The van der Waals surface area contributed by atoms with Gasteiger partial charge in [-0.15, -0.1) is 0 Å². The third-order valence-electron chi connectivity index (χ3n) is 4.29. The predicted molar refractivity (Wildman–Crippen MR) is 80.1 cm³/mol. The summed E-state index contributed by atoms with van der Waals surface area (Å²) in [5, 5.41) is -0.874.